The molecule has 1 atom stereocenters. The third-order valence-electron chi connectivity index (χ3n) is 7.72. The van der Waals surface area contributed by atoms with Gasteiger partial charge in [0.2, 0.25) is 0 Å². The lowest BCUT2D eigenvalue weighted by atomic mass is 9.74. The average molecular weight is 590 g/mol. The molecule has 0 spiro atoms. The van der Waals surface area contributed by atoms with E-state index >= 15 is 0 Å². The van der Waals surface area contributed by atoms with Crippen molar-refractivity contribution in [2.24, 2.45) is 0 Å². The molecule has 0 aliphatic rings. The van der Waals surface area contributed by atoms with Gasteiger partial charge >= 0.3 is 0 Å². The van der Waals surface area contributed by atoms with Crippen molar-refractivity contribution >= 4 is 8.53 Å². The van der Waals surface area contributed by atoms with Crippen LogP contribution in [-0.4, -0.2) is 53.4 Å². The number of hydrogen-bond acceptors (Lipinski definition) is 6. The Labute approximate surface area is 254 Å². The molecule has 1 unspecified atom stereocenters. The molecule has 0 saturated carbocycles. The normalized spacial score (nSPS) is 12.7. The zero-order valence-electron chi connectivity index (χ0n) is 25.9. The van der Waals surface area contributed by atoms with Crippen molar-refractivity contribution in [3.63, 3.8) is 0 Å². The molecule has 0 saturated heterocycles. The van der Waals surface area contributed by atoms with Gasteiger partial charge in [-0.25, -0.2) is 4.67 Å². The molecule has 6 nitrogen and oxygen atoms in total. The molecule has 0 fully saturated rings. The molecular weight excluding hydrogens is 541 g/mol. The van der Waals surface area contributed by atoms with Crippen LogP contribution in [0.2, 0.25) is 0 Å². The molecule has 0 aromatic heterocycles. The van der Waals surface area contributed by atoms with E-state index in [1.807, 2.05) is 4.67 Å². The minimum Gasteiger partial charge on any atom is -0.497 e. The maximum Gasteiger partial charge on any atom is 0.256 e. The fourth-order valence-electron chi connectivity index (χ4n) is 5.70. The monoisotopic (exact) mass is 589 g/mol. The predicted octanol–water partition coefficient (Wildman–Crippen LogP) is 8.12. The van der Waals surface area contributed by atoms with Gasteiger partial charge in [-0.3, -0.25) is 4.90 Å². The molecule has 0 heterocycles. The first kappa shape index (κ1) is 33.7. The minimum atomic E-state index is -1.67. The van der Waals surface area contributed by atoms with E-state index in [0.717, 1.165) is 44.5 Å². The molecule has 3 rings (SSSR count). The maximum atomic E-state index is 10.5. The summed E-state index contributed by atoms with van der Waals surface area (Å²) in [6.07, 6.45) is 4.51. The second kappa shape index (κ2) is 17.4. The first-order valence-electron chi connectivity index (χ1n) is 15.1. The lowest BCUT2D eigenvalue weighted by molar-refractivity contribution is 0.113. The van der Waals surface area contributed by atoms with Crippen molar-refractivity contribution in [1.29, 1.82) is 5.26 Å². The van der Waals surface area contributed by atoms with E-state index < -0.39 is 14.1 Å². The van der Waals surface area contributed by atoms with Crippen LogP contribution in [-0.2, 0) is 10.1 Å². The standard InChI is InChI=1S/C35H48N3O3P/c1-29(2)37(26-14-6-7-15-27-38(30(3)4)42(39)41-28-16-25-36)35(31-17-10-8-11-18-31,32-19-12-9-13-20-32)33-21-23-34(40-5)24-22-33/h8-13,17-24,29-30,39H,6-7,14-16,26-28H2,1-5H3. The van der Waals surface area contributed by atoms with Gasteiger partial charge in [0.1, 0.15) is 5.75 Å². The van der Waals surface area contributed by atoms with Gasteiger partial charge in [0.15, 0.2) is 0 Å². The molecule has 3 aromatic carbocycles. The summed E-state index contributed by atoms with van der Waals surface area (Å²) < 4.78 is 13.1. The molecule has 226 valence electrons. The number of nitriles is 1. The zero-order chi connectivity index (χ0) is 30.4. The van der Waals surface area contributed by atoms with Gasteiger partial charge in [0.25, 0.3) is 8.53 Å². The highest BCUT2D eigenvalue weighted by Gasteiger charge is 2.43. The summed E-state index contributed by atoms with van der Waals surface area (Å²) in [7, 11) is 0.0393. The van der Waals surface area contributed by atoms with Crippen LogP contribution in [0.15, 0.2) is 84.9 Å². The van der Waals surface area contributed by atoms with E-state index in [0.29, 0.717) is 6.42 Å². The molecular formula is C35H48N3O3P. The lowest BCUT2D eigenvalue weighted by Crippen LogP contribution is -2.51. The Morgan fingerprint density at radius 3 is 1.76 bits per heavy atom. The van der Waals surface area contributed by atoms with Crippen molar-refractivity contribution in [3.8, 4) is 11.8 Å². The summed E-state index contributed by atoms with van der Waals surface area (Å²) in [5, 5.41) is 8.76. The Balaban J connectivity index is 1.82. The molecule has 0 bridgehead atoms. The van der Waals surface area contributed by atoms with E-state index in [1.165, 1.54) is 16.7 Å². The van der Waals surface area contributed by atoms with Gasteiger partial charge in [0, 0.05) is 18.6 Å². The van der Waals surface area contributed by atoms with Gasteiger partial charge in [-0.1, -0.05) is 85.6 Å². The quantitative estimate of drug-likeness (QED) is 0.0918. The van der Waals surface area contributed by atoms with Crippen LogP contribution in [0.25, 0.3) is 0 Å². The Morgan fingerprint density at radius 1 is 0.762 bits per heavy atom. The molecule has 3 aromatic rings. The number of ether oxygens (including phenoxy) is 1. The molecule has 0 radical (unpaired) electrons. The highest BCUT2D eigenvalue weighted by atomic mass is 31.2. The maximum absolute atomic E-state index is 10.5. The second-order valence-corrected chi connectivity index (χ2v) is 12.4. The second-order valence-electron chi connectivity index (χ2n) is 11.1. The highest BCUT2D eigenvalue weighted by Crippen LogP contribution is 2.44. The van der Waals surface area contributed by atoms with Crippen LogP contribution >= 0.6 is 8.53 Å². The topological polar surface area (TPSA) is 69.0 Å². The SMILES string of the molecule is COc1ccc(C(c2ccccc2)(c2ccccc2)N(CCCCCCN(C(C)C)P(O)OCCC#N)C(C)C)cc1. The lowest BCUT2D eigenvalue weighted by Gasteiger charge is -2.48. The van der Waals surface area contributed by atoms with Crippen molar-refractivity contribution < 1.29 is 14.2 Å². The molecule has 0 aliphatic heterocycles. The molecule has 0 aliphatic carbocycles. The van der Waals surface area contributed by atoms with Crippen LogP contribution in [0.4, 0.5) is 0 Å². The van der Waals surface area contributed by atoms with Crippen LogP contribution in [0.5, 0.6) is 5.75 Å². The zero-order valence-corrected chi connectivity index (χ0v) is 26.8. The fraction of sp³-hybridized carbons (Fsp3) is 0.457. The Kier molecular flexibility index (Phi) is 13.9. The van der Waals surface area contributed by atoms with Crippen LogP contribution in [0.1, 0.15) is 76.5 Å². The third-order valence-corrected chi connectivity index (χ3v) is 9.23. The summed E-state index contributed by atoms with van der Waals surface area (Å²) >= 11 is 0. The van der Waals surface area contributed by atoms with Crippen molar-refractivity contribution in [2.75, 3.05) is 26.8 Å². The fourth-order valence-corrected chi connectivity index (χ4v) is 6.81. The van der Waals surface area contributed by atoms with Gasteiger partial charge in [-0.05, 0) is 75.9 Å². The Hall–Kier alpha value is -2.78. The number of hydrogen-bond donors (Lipinski definition) is 1. The molecule has 7 heteroatoms. The Morgan fingerprint density at radius 2 is 1.29 bits per heavy atom. The van der Waals surface area contributed by atoms with Crippen LogP contribution < -0.4 is 4.74 Å². The van der Waals surface area contributed by atoms with Crippen LogP contribution in [0, 0.1) is 11.3 Å². The van der Waals surface area contributed by atoms with Crippen molar-refractivity contribution in [1.82, 2.24) is 9.57 Å². The van der Waals surface area contributed by atoms with E-state index in [4.69, 9.17) is 14.5 Å². The number of benzene rings is 3. The van der Waals surface area contributed by atoms with E-state index in [9.17, 15) is 4.89 Å². The summed E-state index contributed by atoms with van der Waals surface area (Å²) in [6, 6.07) is 32.8. The van der Waals surface area contributed by atoms with E-state index in [-0.39, 0.29) is 18.7 Å². The van der Waals surface area contributed by atoms with Gasteiger partial charge in [-0.15, -0.1) is 0 Å². The van der Waals surface area contributed by atoms with Gasteiger partial charge < -0.3 is 14.2 Å². The summed E-state index contributed by atoms with van der Waals surface area (Å²) in [6.45, 7) is 10.7. The third kappa shape index (κ3) is 8.63. The highest BCUT2D eigenvalue weighted by molar-refractivity contribution is 7.43. The first-order chi connectivity index (χ1) is 20.4. The minimum absolute atomic E-state index is 0.182. The smallest absolute Gasteiger partial charge is 0.256 e. The summed E-state index contributed by atoms with van der Waals surface area (Å²) in [5.74, 6) is 0.849. The largest absolute Gasteiger partial charge is 0.497 e. The summed E-state index contributed by atoms with van der Waals surface area (Å²) in [5.41, 5.74) is 3.24. The Bertz CT molecular complexity index is 1160. The summed E-state index contributed by atoms with van der Waals surface area (Å²) in [4.78, 5) is 13.2. The van der Waals surface area contributed by atoms with E-state index in [2.05, 4.69) is 124 Å². The first-order valence-corrected chi connectivity index (χ1v) is 16.3. The number of unbranched alkanes of at least 4 members (excludes halogenated alkanes) is 3. The van der Waals surface area contributed by atoms with Crippen molar-refractivity contribution in [3.05, 3.63) is 102 Å². The van der Waals surface area contributed by atoms with Crippen LogP contribution in [0.3, 0.4) is 0 Å². The number of methoxy groups -OCH3 is 1. The molecule has 1 N–H and O–H groups in total. The number of nitrogens with zero attached hydrogens (tertiary/aromatic N) is 3. The predicted molar refractivity (Wildman–Crippen MR) is 173 cm³/mol. The van der Waals surface area contributed by atoms with Crippen molar-refractivity contribution in [2.45, 2.75) is 77.4 Å². The number of rotatable bonds is 18. The van der Waals surface area contributed by atoms with Gasteiger partial charge in [0.05, 0.1) is 31.7 Å². The molecule has 0 amide bonds. The van der Waals surface area contributed by atoms with E-state index in [1.54, 1.807) is 7.11 Å². The molecule has 42 heavy (non-hydrogen) atoms. The average Bonchev–Trinajstić information content (AvgIpc) is 3.01. The van der Waals surface area contributed by atoms with Gasteiger partial charge in [-0.2, -0.15) is 5.26 Å².